The van der Waals surface area contributed by atoms with Crippen LogP contribution in [0.5, 0.6) is 0 Å². The molecule has 23 heavy (non-hydrogen) atoms. The number of carbonyl (C=O) groups excluding carboxylic acids is 1. The summed E-state index contributed by atoms with van der Waals surface area (Å²) in [5, 5.41) is 0. The Bertz CT molecular complexity index is 707. The van der Waals surface area contributed by atoms with Crippen molar-refractivity contribution in [2.24, 2.45) is 0 Å². The number of rotatable bonds is 4. The molecule has 2 heterocycles. The molecule has 0 aliphatic carbocycles. The summed E-state index contributed by atoms with van der Waals surface area (Å²) in [6.07, 6.45) is 0.994. The molecular formula is C16H21FN2O3S. The van der Waals surface area contributed by atoms with Crippen molar-refractivity contribution in [3.05, 3.63) is 35.6 Å². The maximum absolute atomic E-state index is 13.3. The van der Waals surface area contributed by atoms with E-state index in [0.717, 1.165) is 5.56 Å². The second kappa shape index (κ2) is 6.20. The number of carbonyl (C=O) groups is 1. The third-order valence-corrected chi connectivity index (χ3v) is 6.51. The largest absolute Gasteiger partial charge is 0.329 e. The molecule has 0 spiro atoms. The fourth-order valence-corrected chi connectivity index (χ4v) is 5.21. The third-order valence-electron chi connectivity index (χ3n) is 4.76. The van der Waals surface area contributed by atoms with Crippen LogP contribution in [0, 0.1) is 5.82 Å². The zero-order valence-electron chi connectivity index (χ0n) is 13.1. The van der Waals surface area contributed by atoms with Crippen molar-refractivity contribution in [2.45, 2.75) is 24.8 Å². The molecule has 2 fully saturated rings. The first-order valence-corrected chi connectivity index (χ1v) is 9.60. The van der Waals surface area contributed by atoms with E-state index in [0.29, 0.717) is 26.1 Å². The first-order valence-electron chi connectivity index (χ1n) is 7.78. The van der Waals surface area contributed by atoms with Crippen molar-refractivity contribution >= 4 is 15.7 Å². The Morgan fingerprint density at radius 2 is 2.17 bits per heavy atom. The fourth-order valence-electron chi connectivity index (χ4n) is 3.40. The molecule has 2 saturated heterocycles. The monoisotopic (exact) mass is 340 g/mol. The highest BCUT2D eigenvalue weighted by molar-refractivity contribution is 7.91. The van der Waals surface area contributed by atoms with Gasteiger partial charge >= 0.3 is 0 Å². The summed E-state index contributed by atoms with van der Waals surface area (Å²) in [6.45, 7) is 0.969. The number of amides is 1. The van der Waals surface area contributed by atoms with Gasteiger partial charge < -0.3 is 4.90 Å². The van der Waals surface area contributed by atoms with Gasteiger partial charge in [-0.25, -0.2) is 12.8 Å². The van der Waals surface area contributed by atoms with Crippen molar-refractivity contribution in [1.82, 2.24) is 9.80 Å². The maximum atomic E-state index is 13.3. The summed E-state index contributed by atoms with van der Waals surface area (Å²) in [4.78, 5) is 15.9. The number of halogens is 1. The van der Waals surface area contributed by atoms with E-state index in [4.69, 9.17) is 0 Å². The zero-order chi connectivity index (χ0) is 16.6. The highest BCUT2D eigenvalue weighted by Gasteiger charge is 2.35. The maximum Gasteiger partial charge on any atom is 0.224 e. The first-order chi connectivity index (χ1) is 10.8. The third kappa shape index (κ3) is 3.72. The smallest absolute Gasteiger partial charge is 0.224 e. The Balaban J connectivity index is 1.62. The standard InChI is InChI=1S/C16H21FN2O3S/c1-18(15-5-6-23(21,22)10-15)11-19-9-13(8-16(19)20)12-3-2-4-14(17)7-12/h2-4,7,13,15H,5-6,8-11H2,1H3/t13-,15-/m1/s1. The number of nitrogens with zero attached hydrogens (tertiary/aromatic N) is 2. The Labute approximate surface area is 136 Å². The average molecular weight is 340 g/mol. The quantitative estimate of drug-likeness (QED) is 0.827. The molecule has 1 amide bonds. The lowest BCUT2D eigenvalue weighted by Crippen LogP contribution is -2.42. The Hall–Kier alpha value is -1.47. The SMILES string of the molecule is CN(CN1C[C@H](c2cccc(F)c2)CC1=O)[C@@H]1CCS(=O)(=O)C1. The summed E-state index contributed by atoms with van der Waals surface area (Å²) in [7, 11) is -1.08. The van der Waals surface area contributed by atoms with Crippen LogP contribution >= 0.6 is 0 Å². The lowest BCUT2D eigenvalue weighted by atomic mass is 9.98. The molecule has 1 aromatic carbocycles. The Morgan fingerprint density at radius 3 is 2.83 bits per heavy atom. The van der Waals surface area contributed by atoms with Gasteiger partial charge in [0.15, 0.2) is 9.84 Å². The second-order valence-electron chi connectivity index (χ2n) is 6.53. The van der Waals surface area contributed by atoms with Crippen molar-refractivity contribution < 1.29 is 17.6 Å². The molecule has 1 aromatic rings. The number of hydrogen-bond donors (Lipinski definition) is 0. The van der Waals surface area contributed by atoms with E-state index in [1.54, 1.807) is 11.0 Å². The summed E-state index contributed by atoms with van der Waals surface area (Å²) in [5.41, 5.74) is 0.840. The van der Waals surface area contributed by atoms with E-state index in [9.17, 15) is 17.6 Å². The summed E-state index contributed by atoms with van der Waals surface area (Å²) >= 11 is 0. The van der Waals surface area contributed by atoms with Gasteiger partial charge in [0.1, 0.15) is 5.82 Å². The van der Waals surface area contributed by atoms with Crippen LogP contribution in [-0.4, -0.2) is 61.9 Å². The molecule has 0 saturated carbocycles. The van der Waals surface area contributed by atoms with E-state index < -0.39 is 9.84 Å². The van der Waals surface area contributed by atoms with Crippen LogP contribution in [0.25, 0.3) is 0 Å². The van der Waals surface area contributed by atoms with Gasteiger partial charge in [0.05, 0.1) is 18.2 Å². The molecule has 0 bridgehead atoms. The number of benzene rings is 1. The van der Waals surface area contributed by atoms with E-state index in [1.807, 2.05) is 18.0 Å². The van der Waals surface area contributed by atoms with Gasteiger partial charge in [-0.1, -0.05) is 12.1 Å². The Kier molecular flexibility index (Phi) is 4.42. The van der Waals surface area contributed by atoms with Crippen molar-refractivity contribution in [3.8, 4) is 0 Å². The molecule has 126 valence electrons. The van der Waals surface area contributed by atoms with Crippen LogP contribution in [0.1, 0.15) is 24.3 Å². The normalized spacial score (nSPS) is 27.1. The molecule has 7 heteroatoms. The fraction of sp³-hybridized carbons (Fsp3) is 0.562. The van der Waals surface area contributed by atoms with Gasteiger partial charge in [-0.2, -0.15) is 0 Å². The summed E-state index contributed by atoms with van der Waals surface area (Å²) in [6, 6.07) is 6.35. The molecule has 0 unspecified atom stereocenters. The second-order valence-corrected chi connectivity index (χ2v) is 8.76. The first kappa shape index (κ1) is 16.4. The van der Waals surface area contributed by atoms with Crippen LogP contribution in [0.15, 0.2) is 24.3 Å². The van der Waals surface area contributed by atoms with Crippen LogP contribution < -0.4 is 0 Å². The van der Waals surface area contributed by atoms with Crippen LogP contribution in [0.2, 0.25) is 0 Å². The predicted molar refractivity (Wildman–Crippen MR) is 85.2 cm³/mol. The van der Waals surface area contributed by atoms with Gasteiger partial charge in [-0.15, -0.1) is 0 Å². The van der Waals surface area contributed by atoms with Crippen molar-refractivity contribution in [2.75, 3.05) is 31.8 Å². The molecular weight excluding hydrogens is 319 g/mol. The lowest BCUT2D eigenvalue weighted by Gasteiger charge is -2.28. The van der Waals surface area contributed by atoms with E-state index in [2.05, 4.69) is 0 Å². The molecule has 2 atom stereocenters. The molecule has 5 nitrogen and oxygen atoms in total. The van der Waals surface area contributed by atoms with Gasteiger partial charge in [0.25, 0.3) is 0 Å². The highest BCUT2D eigenvalue weighted by Crippen LogP contribution is 2.29. The summed E-state index contributed by atoms with van der Waals surface area (Å²) in [5.74, 6) is 0.133. The van der Waals surface area contributed by atoms with Crippen molar-refractivity contribution in [1.29, 1.82) is 0 Å². The van der Waals surface area contributed by atoms with Crippen LogP contribution in [0.3, 0.4) is 0 Å². The highest BCUT2D eigenvalue weighted by atomic mass is 32.2. The number of likely N-dealkylation sites (tertiary alicyclic amines) is 1. The molecule has 0 N–H and O–H groups in total. The minimum atomic E-state index is -2.93. The summed E-state index contributed by atoms with van der Waals surface area (Å²) < 4.78 is 36.5. The predicted octanol–water partition coefficient (Wildman–Crippen LogP) is 1.22. The molecule has 2 aliphatic heterocycles. The van der Waals surface area contributed by atoms with E-state index in [-0.39, 0.29) is 35.2 Å². The Morgan fingerprint density at radius 1 is 1.39 bits per heavy atom. The zero-order valence-corrected chi connectivity index (χ0v) is 13.9. The van der Waals surface area contributed by atoms with Crippen molar-refractivity contribution in [3.63, 3.8) is 0 Å². The minimum Gasteiger partial charge on any atom is -0.329 e. The molecule has 0 radical (unpaired) electrons. The number of sulfone groups is 1. The van der Waals surface area contributed by atoms with Gasteiger partial charge in [-0.3, -0.25) is 9.69 Å². The van der Waals surface area contributed by atoms with Gasteiger partial charge in [0.2, 0.25) is 5.91 Å². The van der Waals surface area contributed by atoms with Gasteiger partial charge in [0, 0.05) is 24.9 Å². The minimum absolute atomic E-state index is 0.00101. The van der Waals surface area contributed by atoms with Crippen LogP contribution in [-0.2, 0) is 14.6 Å². The van der Waals surface area contributed by atoms with Crippen LogP contribution in [0.4, 0.5) is 4.39 Å². The van der Waals surface area contributed by atoms with E-state index in [1.165, 1.54) is 12.1 Å². The van der Waals surface area contributed by atoms with Gasteiger partial charge in [-0.05, 0) is 31.2 Å². The molecule has 0 aromatic heterocycles. The molecule has 2 aliphatic rings. The van der Waals surface area contributed by atoms with E-state index >= 15 is 0 Å². The topological polar surface area (TPSA) is 57.7 Å². The molecule has 3 rings (SSSR count). The average Bonchev–Trinajstić information content (AvgIpc) is 3.02. The number of hydrogen-bond acceptors (Lipinski definition) is 4. The lowest BCUT2D eigenvalue weighted by molar-refractivity contribution is -0.129.